The molecule has 1 heterocycles. The third-order valence-corrected chi connectivity index (χ3v) is 6.23. The predicted octanol–water partition coefficient (Wildman–Crippen LogP) is 6.22. The Morgan fingerprint density at radius 3 is 2.59 bits per heavy atom. The summed E-state index contributed by atoms with van der Waals surface area (Å²) in [5, 5.41) is 0. The van der Waals surface area contributed by atoms with Crippen molar-refractivity contribution in [3.8, 4) is 16.9 Å². The summed E-state index contributed by atoms with van der Waals surface area (Å²) in [4.78, 5) is 13.7. The van der Waals surface area contributed by atoms with Crippen molar-refractivity contribution in [1.29, 1.82) is 0 Å². The molecule has 0 amide bonds. The van der Waals surface area contributed by atoms with Gasteiger partial charge in [0.2, 0.25) is 0 Å². The molecule has 0 radical (unpaired) electrons. The van der Waals surface area contributed by atoms with Gasteiger partial charge in [-0.2, -0.15) is 0 Å². The van der Waals surface area contributed by atoms with Crippen LogP contribution in [0.5, 0.6) is 5.75 Å². The molecule has 0 N–H and O–H groups in total. The van der Waals surface area contributed by atoms with E-state index in [0.717, 1.165) is 36.0 Å². The van der Waals surface area contributed by atoms with Gasteiger partial charge in [0.1, 0.15) is 18.6 Å². The van der Waals surface area contributed by atoms with Gasteiger partial charge in [0.15, 0.2) is 0 Å². The lowest BCUT2D eigenvalue weighted by molar-refractivity contribution is -0.105. The number of hydrogen-bond acceptors (Lipinski definition) is 3. The van der Waals surface area contributed by atoms with Gasteiger partial charge in [-0.05, 0) is 78.3 Å². The van der Waals surface area contributed by atoms with E-state index in [1.54, 1.807) is 11.3 Å². The van der Waals surface area contributed by atoms with E-state index in [0.29, 0.717) is 6.61 Å². The smallest absolute Gasteiger partial charge is 0.146 e. The van der Waals surface area contributed by atoms with Crippen LogP contribution in [0.4, 0.5) is 0 Å². The van der Waals surface area contributed by atoms with Gasteiger partial charge in [0.05, 0.1) is 0 Å². The molecule has 1 aromatic heterocycles. The number of allylic oxidation sites excluding steroid dienone is 2. The molecule has 0 saturated heterocycles. The summed E-state index contributed by atoms with van der Waals surface area (Å²) in [6, 6.07) is 18.9. The molecule has 1 aliphatic rings. The molecule has 0 unspecified atom stereocenters. The predicted molar refractivity (Wildman–Crippen MR) is 112 cm³/mol. The maximum atomic E-state index is 11.2. The zero-order chi connectivity index (χ0) is 18.8. The number of carbonyl (C=O) groups excluding carboxylic acids is 1. The minimum Gasteiger partial charge on any atom is -0.488 e. The summed E-state index contributed by atoms with van der Waals surface area (Å²) >= 11 is 1.79. The van der Waals surface area contributed by atoms with E-state index in [1.165, 1.54) is 32.0 Å². The van der Waals surface area contributed by atoms with Gasteiger partial charge in [0, 0.05) is 9.75 Å². The summed E-state index contributed by atoms with van der Waals surface area (Å²) < 4.78 is 6.08. The molecular weight excluding hydrogens is 352 g/mol. The fourth-order valence-electron chi connectivity index (χ4n) is 3.68. The average molecular weight is 375 g/mol. The standard InChI is InChI=1S/C24H22O2S/c1-16-20(14-25)9-8-19-12-21(10-11-23(16)19)26-15-22-13-24(17(2)27-22)18-6-4-3-5-7-18/h3-7,10-14H,8-9,15H2,1-2H3. The van der Waals surface area contributed by atoms with Crippen LogP contribution < -0.4 is 4.74 Å². The molecule has 27 heavy (non-hydrogen) atoms. The molecular formula is C24H22O2S. The zero-order valence-corrected chi connectivity index (χ0v) is 16.4. The van der Waals surface area contributed by atoms with Gasteiger partial charge in [-0.25, -0.2) is 0 Å². The van der Waals surface area contributed by atoms with Gasteiger partial charge in [-0.15, -0.1) is 11.3 Å². The van der Waals surface area contributed by atoms with Gasteiger partial charge in [0.25, 0.3) is 0 Å². The molecule has 0 spiro atoms. The highest BCUT2D eigenvalue weighted by atomic mass is 32.1. The number of rotatable bonds is 5. The average Bonchev–Trinajstić information content (AvgIpc) is 3.08. The Hall–Kier alpha value is -2.65. The Labute approximate surface area is 164 Å². The van der Waals surface area contributed by atoms with Crippen molar-refractivity contribution in [2.45, 2.75) is 33.3 Å². The fourth-order valence-corrected chi connectivity index (χ4v) is 4.66. The van der Waals surface area contributed by atoms with Crippen LogP contribution >= 0.6 is 11.3 Å². The second-order valence-corrected chi connectivity index (χ2v) is 8.27. The highest BCUT2D eigenvalue weighted by molar-refractivity contribution is 7.12. The first-order valence-corrected chi connectivity index (χ1v) is 10.0. The highest BCUT2D eigenvalue weighted by Crippen LogP contribution is 2.34. The quantitative estimate of drug-likeness (QED) is 0.496. The number of hydrogen-bond donors (Lipinski definition) is 0. The first-order valence-electron chi connectivity index (χ1n) is 9.21. The van der Waals surface area contributed by atoms with Crippen molar-refractivity contribution in [1.82, 2.24) is 0 Å². The lowest BCUT2D eigenvalue weighted by Gasteiger charge is -2.19. The van der Waals surface area contributed by atoms with E-state index >= 15 is 0 Å². The third kappa shape index (κ3) is 3.60. The van der Waals surface area contributed by atoms with Gasteiger partial charge in [-0.1, -0.05) is 36.4 Å². The second kappa shape index (κ2) is 7.53. The van der Waals surface area contributed by atoms with Crippen LogP contribution in [0.25, 0.3) is 16.7 Å². The zero-order valence-electron chi connectivity index (χ0n) is 15.6. The lowest BCUT2D eigenvalue weighted by Crippen LogP contribution is -2.05. The molecule has 1 aliphatic carbocycles. The second-order valence-electron chi connectivity index (χ2n) is 6.92. The minimum atomic E-state index is 0.575. The van der Waals surface area contributed by atoms with E-state index in [9.17, 15) is 4.79 Å². The van der Waals surface area contributed by atoms with Crippen LogP contribution in [-0.4, -0.2) is 6.29 Å². The third-order valence-electron chi connectivity index (χ3n) is 5.20. The molecule has 4 rings (SSSR count). The molecule has 0 fully saturated rings. The van der Waals surface area contributed by atoms with Crippen LogP contribution in [-0.2, 0) is 17.8 Å². The molecule has 0 aliphatic heterocycles. The van der Waals surface area contributed by atoms with Crippen molar-refractivity contribution >= 4 is 23.2 Å². The van der Waals surface area contributed by atoms with Crippen molar-refractivity contribution in [3.63, 3.8) is 0 Å². The summed E-state index contributed by atoms with van der Waals surface area (Å²) in [5.41, 5.74) is 6.99. The summed E-state index contributed by atoms with van der Waals surface area (Å²) in [6.45, 7) is 4.77. The number of thiophene rings is 1. The normalized spacial score (nSPS) is 13.4. The Balaban J connectivity index is 1.50. The number of ether oxygens (including phenoxy) is 1. The molecule has 0 saturated carbocycles. The molecule has 0 atom stereocenters. The van der Waals surface area contributed by atoms with E-state index < -0.39 is 0 Å². The van der Waals surface area contributed by atoms with Crippen LogP contribution in [0.1, 0.15) is 34.2 Å². The number of fused-ring (bicyclic) bond motifs is 1. The van der Waals surface area contributed by atoms with Crippen molar-refractivity contribution in [3.05, 3.63) is 81.1 Å². The van der Waals surface area contributed by atoms with Crippen molar-refractivity contribution in [2.75, 3.05) is 0 Å². The number of benzene rings is 2. The molecule has 3 heteroatoms. The Morgan fingerprint density at radius 1 is 1.00 bits per heavy atom. The molecule has 0 bridgehead atoms. The summed E-state index contributed by atoms with van der Waals surface area (Å²) in [6.07, 6.45) is 2.71. The van der Waals surface area contributed by atoms with E-state index in [-0.39, 0.29) is 0 Å². The Morgan fingerprint density at radius 2 is 1.81 bits per heavy atom. The monoisotopic (exact) mass is 374 g/mol. The number of carbonyl (C=O) groups is 1. The van der Waals surface area contributed by atoms with Crippen LogP contribution in [0.3, 0.4) is 0 Å². The molecule has 3 aromatic rings. The van der Waals surface area contributed by atoms with E-state index in [4.69, 9.17) is 4.74 Å². The highest BCUT2D eigenvalue weighted by Gasteiger charge is 2.16. The van der Waals surface area contributed by atoms with Crippen molar-refractivity contribution < 1.29 is 9.53 Å². The van der Waals surface area contributed by atoms with Crippen molar-refractivity contribution in [2.24, 2.45) is 0 Å². The number of aldehydes is 1. The van der Waals surface area contributed by atoms with E-state index in [2.05, 4.69) is 49.4 Å². The first kappa shape index (κ1) is 17.7. The summed E-state index contributed by atoms with van der Waals surface area (Å²) in [5.74, 6) is 0.892. The molecule has 136 valence electrons. The maximum Gasteiger partial charge on any atom is 0.146 e. The Bertz CT molecular complexity index is 1010. The summed E-state index contributed by atoms with van der Waals surface area (Å²) in [7, 11) is 0. The van der Waals surface area contributed by atoms with Gasteiger partial charge >= 0.3 is 0 Å². The van der Waals surface area contributed by atoms with Crippen LogP contribution in [0, 0.1) is 6.92 Å². The van der Waals surface area contributed by atoms with Gasteiger partial charge < -0.3 is 4.74 Å². The van der Waals surface area contributed by atoms with Crippen LogP contribution in [0.15, 0.2) is 60.2 Å². The molecule has 2 aromatic carbocycles. The lowest BCUT2D eigenvalue weighted by atomic mass is 9.87. The SMILES string of the molecule is CC1=C(C=O)CCc2cc(OCc3cc(-c4ccccc4)c(C)s3)ccc21. The largest absolute Gasteiger partial charge is 0.488 e. The molecule has 2 nitrogen and oxygen atoms in total. The fraction of sp³-hybridized carbons (Fsp3) is 0.208. The maximum absolute atomic E-state index is 11.2. The first-order chi connectivity index (χ1) is 13.2. The topological polar surface area (TPSA) is 26.3 Å². The van der Waals surface area contributed by atoms with Gasteiger partial charge in [-0.3, -0.25) is 4.79 Å². The number of aryl methyl sites for hydroxylation is 2. The van der Waals surface area contributed by atoms with Crippen LogP contribution in [0.2, 0.25) is 0 Å². The van der Waals surface area contributed by atoms with E-state index in [1.807, 2.05) is 19.1 Å². The Kier molecular flexibility index (Phi) is 4.95. The minimum absolute atomic E-state index is 0.575.